The number of esters is 1. The third kappa shape index (κ3) is 2.40. The summed E-state index contributed by atoms with van der Waals surface area (Å²) in [5, 5.41) is 0. The molecule has 1 aromatic rings. The molecular formula is C14H16O4. The van der Waals surface area contributed by atoms with Gasteiger partial charge in [-0.3, -0.25) is 0 Å². The van der Waals surface area contributed by atoms with Gasteiger partial charge in [-0.05, 0) is 24.5 Å². The SMILES string of the molecule is O=C1O[C@H](OCC2CCCO2)Cc2ccccc21. The number of benzene rings is 1. The van der Waals surface area contributed by atoms with Crippen LogP contribution in [0.2, 0.25) is 0 Å². The van der Waals surface area contributed by atoms with Crippen molar-refractivity contribution in [3.63, 3.8) is 0 Å². The van der Waals surface area contributed by atoms with Crippen molar-refractivity contribution in [2.45, 2.75) is 31.7 Å². The number of cyclic esters (lactones) is 1. The van der Waals surface area contributed by atoms with Crippen LogP contribution in [0.5, 0.6) is 0 Å². The van der Waals surface area contributed by atoms with Crippen molar-refractivity contribution in [3.05, 3.63) is 35.4 Å². The summed E-state index contributed by atoms with van der Waals surface area (Å²) in [6.07, 6.45) is 2.41. The van der Waals surface area contributed by atoms with E-state index in [1.807, 2.05) is 18.2 Å². The highest BCUT2D eigenvalue weighted by molar-refractivity contribution is 5.92. The van der Waals surface area contributed by atoms with E-state index in [0.29, 0.717) is 18.6 Å². The molecule has 4 heteroatoms. The molecule has 2 aliphatic heterocycles. The molecule has 18 heavy (non-hydrogen) atoms. The Balaban J connectivity index is 1.61. The molecule has 0 bridgehead atoms. The zero-order valence-electron chi connectivity index (χ0n) is 10.1. The Hall–Kier alpha value is -1.39. The minimum atomic E-state index is -0.475. The van der Waals surface area contributed by atoms with Gasteiger partial charge in [-0.25, -0.2) is 4.79 Å². The van der Waals surface area contributed by atoms with Crippen LogP contribution in [0.4, 0.5) is 0 Å². The number of hydrogen-bond donors (Lipinski definition) is 0. The van der Waals surface area contributed by atoms with Crippen molar-refractivity contribution in [3.8, 4) is 0 Å². The first kappa shape index (κ1) is 11.7. The molecule has 2 aliphatic rings. The van der Waals surface area contributed by atoms with Crippen LogP contribution in [0.25, 0.3) is 0 Å². The summed E-state index contributed by atoms with van der Waals surface area (Å²) in [6.45, 7) is 1.31. The molecule has 2 heterocycles. The highest BCUT2D eigenvalue weighted by Gasteiger charge is 2.27. The van der Waals surface area contributed by atoms with Crippen LogP contribution in [0.3, 0.4) is 0 Å². The van der Waals surface area contributed by atoms with Crippen LogP contribution >= 0.6 is 0 Å². The van der Waals surface area contributed by atoms with Gasteiger partial charge in [-0.2, -0.15) is 0 Å². The quantitative estimate of drug-likeness (QED) is 0.767. The lowest BCUT2D eigenvalue weighted by Gasteiger charge is -2.25. The number of hydrogen-bond acceptors (Lipinski definition) is 4. The third-order valence-corrected chi connectivity index (χ3v) is 3.35. The molecule has 0 spiro atoms. The molecule has 1 fully saturated rings. The molecular weight excluding hydrogens is 232 g/mol. The first-order valence-electron chi connectivity index (χ1n) is 6.35. The van der Waals surface area contributed by atoms with Crippen molar-refractivity contribution in [2.75, 3.05) is 13.2 Å². The van der Waals surface area contributed by atoms with E-state index in [4.69, 9.17) is 14.2 Å². The smallest absolute Gasteiger partial charge is 0.340 e. The second kappa shape index (κ2) is 5.08. The number of carbonyl (C=O) groups is 1. The molecule has 0 N–H and O–H groups in total. The number of fused-ring (bicyclic) bond motifs is 1. The fourth-order valence-corrected chi connectivity index (χ4v) is 2.38. The maximum atomic E-state index is 11.8. The number of ether oxygens (including phenoxy) is 3. The van der Waals surface area contributed by atoms with Crippen LogP contribution in [0, 0.1) is 0 Å². The van der Waals surface area contributed by atoms with Crippen LogP contribution in [0.15, 0.2) is 24.3 Å². The first-order valence-corrected chi connectivity index (χ1v) is 6.35. The van der Waals surface area contributed by atoms with Crippen molar-refractivity contribution in [1.29, 1.82) is 0 Å². The molecule has 1 aromatic carbocycles. The summed E-state index contributed by atoms with van der Waals surface area (Å²) >= 11 is 0. The van der Waals surface area contributed by atoms with Crippen molar-refractivity contribution in [2.24, 2.45) is 0 Å². The Bertz CT molecular complexity index is 437. The van der Waals surface area contributed by atoms with E-state index in [0.717, 1.165) is 25.0 Å². The maximum Gasteiger partial charge on any atom is 0.340 e. The van der Waals surface area contributed by atoms with Gasteiger partial charge in [0.05, 0.1) is 18.3 Å². The van der Waals surface area contributed by atoms with Gasteiger partial charge in [0.25, 0.3) is 0 Å². The largest absolute Gasteiger partial charge is 0.432 e. The van der Waals surface area contributed by atoms with Crippen molar-refractivity contribution >= 4 is 5.97 Å². The Morgan fingerprint density at radius 2 is 2.22 bits per heavy atom. The highest BCUT2D eigenvalue weighted by Crippen LogP contribution is 2.22. The van der Waals surface area contributed by atoms with Crippen LogP contribution < -0.4 is 0 Å². The fourth-order valence-electron chi connectivity index (χ4n) is 2.38. The predicted molar refractivity (Wildman–Crippen MR) is 64.3 cm³/mol. The molecule has 0 radical (unpaired) electrons. The minimum absolute atomic E-state index is 0.154. The van der Waals surface area contributed by atoms with Gasteiger partial charge in [0.1, 0.15) is 0 Å². The van der Waals surface area contributed by atoms with Gasteiger partial charge in [0.2, 0.25) is 6.29 Å². The number of rotatable bonds is 3. The Labute approximate surface area is 106 Å². The molecule has 0 amide bonds. The summed E-state index contributed by atoms with van der Waals surface area (Å²) in [7, 11) is 0. The van der Waals surface area contributed by atoms with Gasteiger partial charge < -0.3 is 14.2 Å². The van der Waals surface area contributed by atoms with E-state index >= 15 is 0 Å². The van der Waals surface area contributed by atoms with Crippen LogP contribution in [-0.2, 0) is 20.6 Å². The van der Waals surface area contributed by atoms with Gasteiger partial charge in [-0.15, -0.1) is 0 Å². The average molecular weight is 248 g/mol. The minimum Gasteiger partial charge on any atom is -0.432 e. The molecule has 0 aromatic heterocycles. The van der Waals surface area contributed by atoms with E-state index in [1.165, 1.54) is 0 Å². The summed E-state index contributed by atoms with van der Waals surface area (Å²) < 4.78 is 16.4. The lowest BCUT2D eigenvalue weighted by Crippen LogP contribution is -2.32. The van der Waals surface area contributed by atoms with Gasteiger partial charge in [-0.1, -0.05) is 18.2 Å². The van der Waals surface area contributed by atoms with Crippen molar-refractivity contribution < 1.29 is 19.0 Å². The highest BCUT2D eigenvalue weighted by atomic mass is 16.7. The fraction of sp³-hybridized carbons (Fsp3) is 0.500. The van der Waals surface area contributed by atoms with E-state index in [1.54, 1.807) is 6.07 Å². The van der Waals surface area contributed by atoms with Crippen LogP contribution in [-0.4, -0.2) is 31.6 Å². The topological polar surface area (TPSA) is 44.8 Å². The monoisotopic (exact) mass is 248 g/mol. The Morgan fingerprint density at radius 3 is 3.06 bits per heavy atom. The molecule has 0 saturated carbocycles. The molecule has 1 unspecified atom stereocenters. The van der Waals surface area contributed by atoms with E-state index in [-0.39, 0.29) is 12.1 Å². The van der Waals surface area contributed by atoms with E-state index in [2.05, 4.69) is 0 Å². The average Bonchev–Trinajstić information content (AvgIpc) is 2.90. The molecule has 1 saturated heterocycles. The molecule has 0 aliphatic carbocycles. The summed E-state index contributed by atoms with van der Waals surface area (Å²) in [5.41, 5.74) is 1.64. The Kier molecular flexibility index (Phi) is 3.30. The molecule has 4 nitrogen and oxygen atoms in total. The van der Waals surface area contributed by atoms with Crippen LogP contribution in [0.1, 0.15) is 28.8 Å². The second-order valence-corrected chi connectivity index (χ2v) is 4.66. The summed E-state index contributed by atoms with van der Waals surface area (Å²) in [6, 6.07) is 7.49. The molecule has 2 atom stereocenters. The molecule has 3 rings (SSSR count). The zero-order valence-corrected chi connectivity index (χ0v) is 10.1. The normalized spacial score (nSPS) is 26.8. The van der Waals surface area contributed by atoms with Gasteiger partial charge >= 0.3 is 5.97 Å². The molecule has 96 valence electrons. The van der Waals surface area contributed by atoms with E-state index in [9.17, 15) is 4.79 Å². The maximum absolute atomic E-state index is 11.8. The second-order valence-electron chi connectivity index (χ2n) is 4.66. The lowest BCUT2D eigenvalue weighted by atomic mass is 10.0. The Morgan fingerprint density at radius 1 is 1.33 bits per heavy atom. The summed E-state index contributed by atoms with van der Waals surface area (Å²) in [4.78, 5) is 11.8. The van der Waals surface area contributed by atoms with E-state index < -0.39 is 6.29 Å². The number of carbonyl (C=O) groups excluding carboxylic acids is 1. The first-order chi connectivity index (χ1) is 8.83. The zero-order chi connectivity index (χ0) is 12.4. The van der Waals surface area contributed by atoms with Gasteiger partial charge in [0, 0.05) is 13.0 Å². The van der Waals surface area contributed by atoms with Crippen molar-refractivity contribution in [1.82, 2.24) is 0 Å². The summed E-state index contributed by atoms with van der Waals surface area (Å²) in [5.74, 6) is -0.297. The van der Waals surface area contributed by atoms with Gasteiger partial charge in [0.15, 0.2) is 0 Å². The third-order valence-electron chi connectivity index (χ3n) is 3.35. The lowest BCUT2D eigenvalue weighted by molar-refractivity contribution is -0.132. The predicted octanol–water partition coefficient (Wildman–Crippen LogP) is 1.92. The standard InChI is InChI=1S/C14H16O4/c15-14-12-6-2-1-4-10(12)8-13(18-14)17-9-11-5-3-7-16-11/h1-2,4,6,11,13H,3,5,7-9H2/t11?,13-/m0/s1.